The van der Waals surface area contributed by atoms with E-state index in [2.05, 4.69) is 34.7 Å². The first kappa shape index (κ1) is 15.0. The van der Waals surface area contributed by atoms with Crippen LogP contribution < -0.4 is 10.6 Å². The molecule has 0 aliphatic rings. The van der Waals surface area contributed by atoms with Gasteiger partial charge in [-0.15, -0.1) is 0 Å². The van der Waals surface area contributed by atoms with E-state index in [0.717, 1.165) is 22.5 Å². The number of hydrogen-bond acceptors (Lipinski definition) is 3. The van der Waals surface area contributed by atoms with Crippen LogP contribution >= 0.6 is 0 Å². The second kappa shape index (κ2) is 6.88. The minimum absolute atomic E-state index is 0.0416. The highest BCUT2D eigenvalue weighted by Gasteiger charge is 2.06. The molecule has 0 atom stereocenters. The molecule has 21 heavy (non-hydrogen) atoms. The Balaban J connectivity index is 1.87. The van der Waals surface area contributed by atoms with Gasteiger partial charge < -0.3 is 10.6 Å². The average molecular weight is 283 g/mol. The Labute approximate surface area is 125 Å². The maximum atomic E-state index is 11.9. The number of pyridine rings is 1. The summed E-state index contributed by atoms with van der Waals surface area (Å²) in [6, 6.07) is 9.88. The first-order valence-corrected chi connectivity index (χ1v) is 7.04. The summed E-state index contributed by atoms with van der Waals surface area (Å²) in [5, 5.41) is 6.07. The molecule has 0 radical (unpaired) electrons. The summed E-state index contributed by atoms with van der Waals surface area (Å²) >= 11 is 0. The molecular formula is C17H21N3O. The number of hydrogen-bond donors (Lipinski definition) is 2. The van der Waals surface area contributed by atoms with Gasteiger partial charge in [0.2, 0.25) is 5.91 Å². The molecule has 4 heteroatoms. The number of nitrogens with zero attached hydrogens (tertiary/aromatic N) is 1. The summed E-state index contributed by atoms with van der Waals surface area (Å²) in [4.78, 5) is 16.0. The summed E-state index contributed by atoms with van der Waals surface area (Å²) in [5.41, 5.74) is 5.44. The van der Waals surface area contributed by atoms with E-state index in [9.17, 15) is 4.79 Å². The molecule has 0 bridgehead atoms. The number of carbonyl (C=O) groups excluding carboxylic acids is 1. The molecule has 2 aromatic rings. The van der Waals surface area contributed by atoms with Gasteiger partial charge in [0.1, 0.15) is 0 Å². The highest BCUT2D eigenvalue weighted by Crippen LogP contribution is 2.21. The minimum atomic E-state index is -0.0416. The van der Waals surface area contributed by atoms with Crippen LogP contribution in [0.5, 0.6) is 0 Å². The second-order valence-electron chi connectivity index (χ2n) is 5.23. The second-order valence-corrected chi connectivity index (χ2v) is 5.23. The fourth-order valence-corrected chi connectivity index (χ4v) is 2.38. The number of nitrogens with one attached hydrogen (secondary N) is 2. The van der Waals surface area contributed by atoms with Crippen LogP contribution in [0.3, 0.4) is 0 Å². The van der Waals surface area contributed by atoms with Gasteiger partial charge in [-0.25, -0.2) is 0 Å². The maximum absolute atomic E-state index is 11.9. The monoisotopic (exact) mass is 283 g/mol. The van der Waals surface area contributed by atoms with Crippen molar-refractivity contribution in [3.05, 3.63) is 58.9 Å². The van der Waals surface area contributed by atoms with Gasteiger partial charge in [0.05, 0.1) is 18.8 Å². The van der Waals surface area contributed by atoms with Crippen molar-refractivity contribution in [3.63, 3.8) is 0 Å². The molecule has 4 nitrogen and oxygen atoms in total. The molecule has 0 saturated heterocycles. The van der Waals surface area contributed by atoms with Crippen LogP contribution in [-0.2, 0) is 11.3 Å². The Morgan fingerprint density at radius 2 is 1.86 bits per heavy atom. The summed E-state index contributed by atoms with van der Waals surface area (Å²) in [6.45, 7) is 6.89. The van der Waals surface area contributed by atoms with Gasteiger partial charge in [-0.05, 0) is 44.0 Å². The third-order valence-electron chi connectivity index (χ3n) is 3.30. The van der Waals surface area contributed by atoms with E-state index >= 15 is 0 Å². The van der Waals surface area contributed by atoms with Crippen molar-refractivity contribution in [3.8, 4) is 0 Å². The number of aromatic nitrogens is 1. The van der Waals surface area contributed by atoms with E-state index in [-0.39, 0.29) is 12.5 Å². The lowest BCUT2D eigenvalue weighted by Crippen LogP contribution is -2.30. The van der Waals surface area contributed by atoms with Crippen LogP contribution in [0.15, 0.2) is 36.5 Å². The first-order valence-electron chi connectivity index (χ1n) is 7.04. The van der Waals surface area contributed by atoms with Gasteiger partial charge in [-0.3, -0.25) is 9.78 Å². The molecule has 0 spiro atoms. The third kappa shape index (κ3) is 4.31. The largest absolute Gasteiger partial charge is 0.376 e. The van der Waals surface area contributed by atoms with Crippen LogP contribution in [0, 0.1) is 20.8 Å². The highest BCUT2D eigenvalue weighted by atomic mass is 16.1. The van der Waals surface area contributed by atoms with E-state index in [0.29, 0.717) is 6.54 Å². The zero-order chi connectivity index (χ0) is 15.2. The predicted octanol–water partition coefficient (Wildman–Crippen LogP) is 2.74. The molecule has 2 rings (SSSR count). The van der Waals surface area contributed by atoms with Crippen LogP contribution in [-0.4, -0.2) is 17.4 Å². The SMILES string of the molecule is Cc1cc(C)c(NCC(=O)NCc2ccccn2)c(C)c1. The fourth-order valence-electron chi connectivity index (χ4n) is 2.38. The number of carbonyl (C=O) groups is 1. The van der Waals surface area contributed by atoms with Gasteiger partial charge in [-0.1, -0.05) is 23.8 Å². The Kier molecular flexibility index (Phi) is 4.93. The molecular weight excluding hydrogens is 262 g/mol. The number of benzene rings is 1. The van der Waals surface area contributed by atoms with Crippen molar-refractivity contribution in [2.24, 2.45) is 0 Å². The van der Waals surface area contributed by atoms with Crippen molar-refractivity contribution in [1.82, 2.24) is 10.3 Å². The lowest BCUT2D eigenvalue weighted by molar-refractivity contribution is -0.119. The fraction of sp³-hybridized carbons (Fsp3) is 0.294. The van der Waals surface area contributed by atoms with Crippen molar-refractivity contribution >= 4 is 11.6 Å². The third-order valence-corrected chi connectivity index (χ3v) is 3.30. The topological polar surface area (TPSA) is 54.0 Å². The number of amides is 1. The zero-order valence-corrected chi connectivity index (χ0v) is 12.7. The number of rotatable bonds is 5. The maximum Gasteiger partial charge on any atom is 0.239 e. The van der Waals surface area contributed by atoms with E-state index < -0.39 is 0 Å². The van der Waals surface area contributed by atoms with E-state index in [4.69, 9.17) is 0 Å². The average Bonchev–Trinajstić information content (AvgIpc) is 2.45. The van der Waals surface area contributed by atoms with Gasteiger partial charge in [0.15, 0.2) is 0 Å². The molecule has 2 N–H and O–H groups in total. The Hall–Kier alpha value is -2.36. The van der Waals surface area contributed by atoms with Crippen LogP contribution in [0.4, 0.5) is 5.69 Å². The lowest BCUT2D eigenvalue weighted by atomic mass is 10.1. The molecule has 0 saturated carbocycles. The molecule has 0 aliphatic carbocycles. The van der Waals surface area contributed by atoms with Gasteiger partial charge in [0.25, 0.3) is 0 Å². The normalized spacial score (nSPS) is 10.2. The summed E-state index contributed by atoms with van der Waals surface area (Å²) in [5.74, 6) is -0.0416. The Morgan fingerprint density at radius 3 is 2.48 bits per heavy atom. The van der Waals surface area contributed by atoms with Crippen molar-refractivity contribution in [1.29, 1.82) is 0 Å². The Bertz CT molecular complexity index is 600. The van der Waals surface area contributed by atoms with Gasteiger partial charge in [0, 0.05) is 11.9 Å². The minimum Gasteiger partial charge on any atom is -0.376 e. The molecule has 0 unspecified atom stereocenters. The number of aryl methyl sites for hydroxylation is 3. The predicted molar refractivity (Wildman–Crippen MR) is 85.2 cm³/mol. The smallest absolute Gasteiger partial charge is 0.239 e. The molecule has 1 aromatic carbocycles. The van der Waals surface area contributed by atoms with Crippen LogP contribution in [0.25, 0.3) is 0 Å². The highest BCUT2D eigenvalue weighted by molar-refractivity contribution is 5.81. The molecule has 0 fully saturated rings. The van der Waals surface area contributed by atoms with Crippen molar-refractivity contribution < 1.29 is 4.79 Å². The standard InChI is InChI=1S/C17H21N3O/c1-12-8-13(2)17(14(3)9-12)20-11-16(21)19-10-15-6-4-5-7-18-15/h4-9,20H,10-11H2,1-3H3,(H,19,21). The van der Waals surface area contributed by atoms with Crippen LogP contribution in [0.1, 0.15) is 22.4 Å². The van der Waals surface area contributed by atoms with E-state index in [1.165, 1.54) is 5.56 Å². The molecule has 1 aromatic heterocycles. The number of anilines is 1. The molecule has 110 valence electrons. The Morgan fingerprint density at radius 1 is 1.14 bits per heavy atom. The van der Waals surface area contributed by atoms with Gasteiger partial charge in [-0.2, -0.15) is 0 Å². The quantitative estimate of drug-likeness (QED) is 0.887. The van der Waals surface area contributed by atoms with Crippen molar-refractivity contribution in [2.45, 2.75) is 27.3 Å². The molecule has 1 amide bonds. The van der Waals surface area contributed by atoms with Gasteiger partial charge >= 0.3 is 0 Å². The van der Waals surface area contributed by atoms with E-state index in [1.807, 2.05) is 32.0 Å². The summed E-state index contributed by atoms with van der Waals surface area (Å²) in [6.07, 6.45) is 1.72. The summed E-state index contributed by atoms with van der Waals surface area (Å²) < 4.78 is 0. The zero-order valence-electron chi connectivity index (χ0n) is 12.7. The molecule has 1 heterocycles. The molecule has 0 aliphatic heterocycles. The first-order chi connectivity index (χ1) is 10.1. The summed E-state index contributed by atoms with van der Waals surface area (Å²) in [7, 11) is 0. The van der Waals surface area contributed by atoms with Crippen molar-refractivity contribution in [2.75, 3.05) is 11.9 Å². The lowest BCUT2D eigenvalue weighted by Gasteiger charge is -2.13. The van der Waals surface area contributed by atoms with E-state index in [1.54, 1.807) is 6.20 Å². The van der Waals surface area contributed by atoms with Crippen LogP contribution in [0.2, 0.25) is 0 Å².